The van der Waals surface area contributed by atoms with Crippen molar-refractivity contribution in [2.75, 3.05) is 19.8 Å². The molecule has 2 heterocycles. The number of hydrogen-bond acceptors (Lipinski definition) is 9. The molecule has 11 heteroatoms. The lowest BCUT2D eigenvalue weighted by Crippen LogP contribution is -2.52. The number of aliphatic carboxylic acids is 1. The van der Waals surface area contributed by atoms with Gasteiger partial charge in [-0.1, -0.05) is 24.3 Å². The van der Waals surface area contributed by atoms with Crippen molar-refractivity contribution in [3.8, 4) is 40.2 Å². The lowest BCUT2D eigenvalue weighted by atomic mass is 9.96. The van der Waals surface area contributed by atoms with Crippen molar-refractivity contribution >= 4 is 21.9 Å². The predicted octanol–water partition coefficient (Wildman–Crippen LogP) is 5.55. The molecule has 0 spiro atoms. The quantitative estimate of drug-likeness (QED) is 0.175. The van der Waals surface area contributed by atoms with E-state index in [1.165, 1.54) is 13.1 Å². The first-order valence-electron chi connectivity index (χ1n) is 14.2. The molecule has 1 aliphatic heterocycles. The van der Waals surface area contributed by atoms with Gasteiger partial charge in [0.25, 0.3) is 0 Å². The van der Waals surface area contributed by atoms with Gasteiger partial charge in [-0.3, -0.25) is 15.1 Å². The van der Waals surface area contributed by atoms with Gasteiger partial charge in [-0.2, -0.15) is 5.26 Å². The van der Waals surface area contributed by atoms with Gasteiger partial charge in [-0.25, -0.2) is 0 Å². The Labute approximate surface area is 269 Å². The maximum Gasteiger partial charge on any atom is 0.326 e. The molecule has 0 saturated heterocycles. The Morgan fingerprint density at radius 1 is 1.04 bits per heavy atom. The first kappa shape index (κ1) is 31.8. The molecule has 0 amide bonds. The lowest BCUT2D eigenvalue weighted by Gasteiger charge is -2.25. The molecule has 0 fully saturated rings. The third-order valence-electron chi connectivity index (χ3n) is 7.57. The van der Waals surface area contributed by atoms with Crippen LogP contribution in [0.3, 0.4) is 0 Å². The molecule has 0 bridgehead atoms. The average Bonchev–Trinajstić information content (AvgIpc) is 3.06. The number of aliphatic hydroxyl groups excluding tert-OH is 1. The summed E-state index contributed by atoms with van der Waals surface area (Å²) in [6.45, 7) is 4.38. The molecule has 1 atom stereocenters. The molecule has 1 aromatic heterocycles. The number of nitrogens with one attached hydrogen (secondary N) is 1. The smallest absolute Gasteiger partial charge is 0.326 e. The van der Waals surface area contributed by atoms with E-state index < -0.39 is 18.1 Å². The summed E-state index contributed by atoms with van der Waals surface area (Å²) >= 11 is 3.60. The SMILES string of the molecule is Cc1c(COc2cc(OCc3cncc(C#N)c3)c(CN[C@@](C)(CO)C(=O)O)cc2Br)cccc1-c1ccc2c(c1)OCCO2. The molecule has 0 aliphatic carbocycles. The Morgan fingerprint density at radius 3 is 2.58 bits per heavy atom. The molecular formula is C34H32BrN3O7. The summed E-state index contributed by atoms with van der Waals surface area (Å²) < 4.78 is 24.5. The Hall–Kier alpha value is -4.63. The number of rotatable bonds is 12. The van der Waals surface area contributed by atoms with E-state index in [1.54, 1.807) is 24.4 Å². The summed E-state index contributed by atoms with van der Waals surface area (Å²) in [5.41, 5.74) is 4.30. The third-order valence-corrected chi connectivity index (χ3v) is 8.19. The Bertz CT molecular complexity index is 1760. The van der Waals surface area contributed by atoms with E-state index in [9.17, 15) is 20.3 Å². The van der Waals surface area contributed by atoms with Crippen LogP contribution >= 0.6 is 15.9 Å². The van der Waals surface area contributed by atoms with Crippen LogP contribution in [0.4, 0.5) is 0 Å². The predicted molar refractivity (Wildman–Crippen MR) is 169 cm³/mol. The zero-order valence-electron chi connectivity index (χ0n) is 24.8. The van der Waals surface area contributed by atoms with Crippen LogP contribution in [0, 0.1) is 18.3 Å². The van der Waals surface area contributed by atoms with Crippen LogP contribution in [0.1, 0.15) is 34.7 Å². The van der Waals surface area contributed by atoms with Gasteiger partial charge >= 0.3 is 5.97 Å². The summed E-state index contributed by atoms with van der Waals surface area (Å²) in [6, 6.07) is 19.3. The van der Waals surface area contributed by atoms with E-state index in [0.29, 0.717) is 45.9 Å². The normalized spacial score (nSPS) is 13.4. The maximum atomic E-state index is 11.7. The molecule has 3 aromatic carbocycles. The van der Waals surface area contributed by atoms with Crippen molar-refractivity contribution in [1.82, 2.24) is 10.3 Å². The van der Waals surface area contributed by atoms with Crippen molar-refractivity contribution in [2.24, 2.45) is 0 Å². The van der Waals surface area contributed by atoms with Crippen molar-refractivity contribution in [2.45, 2.75) is 39.1 Å². The molecule has 10 nitrogen and oxygen atoms in total. The van der Waals surface area contributed by atoms with Gasteiger partial charge in [0.1, 0.15) is 49.5 Å². The lowest BCUT2D eigenvalue weighted by molar-refractivity contribution is -0.145. The Morgan fingerprint density at radius 2 is 1.82 bits per heavy atom. The molecule has 232 valence electrons. The highest BCUT2D eigenvalue weighted by molar-refractivity contribution is 9.10. The van der Waals surface area contributed by atoms with Crippen LogP contribution in [-0.2, 0) is 24.6 Å². The highest BCUT2D eigenvalue weighted by Crippen LogP contribution is 2.37. The highest BCUT2D eigenvalue weighted by atomic mass is 79.9. The number of fused-ring (bicyclic) bond motifs is 1. The fourth-order valence-electron chi connectivity index (χ4n) is 4.76. The van der Waals surface area contributed by atoms with Crippen molar-refractivity contribution in [1.29, 1.82) is 5.26 Å². The van der Waals surface area contributed by atoms with E-state index in [-0.39, 0.29) is 19.8 Å². The number of carboxylic acid groups (broad SMARTS) is 1. The minimum Gasteiger partial charge on any atom is -0.488 e. The standard InChI is InChI=1S/C34H32BrN3O7/c1-21-25(4-3-5-27(21)24-6-7-29-32(12-24)43-9-8-42-29)19-45-31-13-30(44-18-23-10-22(14-36)15-37-16-23)26(11-28(31)35)17-38-34(2,20-39)33(40)41/h3-7,10-13,15-16,38-39H,8-9,17-20H2,1-2H3,(H,40,41)/t34-/m0/s1. The van der Waals surface area contributed by atoms with Crippen molar-refractivity contribution in [3.63, 3.8) is 0 Å². The van der Waals surface area contributed by atoms with Gasteiger partial charge in [0.2, 0.25) is 0 Å². The molecule has 0 radical (unpaired) electrons. The van der Waals surface area contributed by atoms with Gasteiger partial charge in [-0.15, -0.1) is 0 Å². The van der Waals surface area contributed by atoms with E-state index >= 15 is 0 Å². The van der Waals surface area contributed by atoms with Crippen LogP contribution in [0.25, 0.3) is 11.1 Å². The first-order chi connectivity index (χ1) is 21.7. The summed E-state index contributed by atoms with van der Waals surface area (Å²) in [7, 11) is 0. The summed E-state index contributed by atoms with van der Waals surface area (Å²) in [5, 5.41) is 31.4. The molecular weight excluding hydrogens is 642 g/mol. The number of aromatic nitrogens is 1. The number of halogens is 1. The first-order valence-corrected chi connectivity index (χ1v) is 15.0. The summed E-state index contributed by atoms with van der Waals surface area (Å²) in [4.78, 5) is 15.8. The number of nitrogens with zero attached hydrogens (tertiary/aromatic N) is 2. The van der Waals surface area contributed by atoms with Gasteiger partial charge in [0, 0.05) is 36.1 Å². The zero-order valence-corrected chi connectivity index (χ0v) is 26.4. The van der Waals surface area contributed by atoms with Crippen LogP contribution in [0.2, 0.25) is 0 Å². The van der Waals surface area contributed by atoms with Crippen LogP contribution in [-0.4, -0.2) is 46.5 Å². The second-order valence-electron chi connectivity index (χ2n) is 10.8. The van der Waals surface area contributed by atoms with Gasteiger partial charge < -0.3 is 29.2 Å². The zero-order chi connectivity index (χ0) is 32.0. The number of pyridine rings is 1. The molecule has 0 unspecified atom stereocenters. The van der Waals surface area contributed by atoms with E-state index in [4.69, 9.17) is 18.9 Å². The second kappa shape index (κ2) is 14.0. The number of carboxylic acids is 1. The second-order valence-corrected chi connectivity index (χ2v) is 11.6. The van der Waals surface area contributed by atoms with Gasteiger partial charge in [-0.05, 0) is 76.3 Å². The van der Waals surface area contributed by atoms with Gasteiger partial charge in [0.15, 0.2) is 11.5 Å². The monoisotopic (exact) mass is 673 g/mol. The number of ether oxygens (including phenoxy) is 4. The number of nitriles is 1. The van der Waals surface area contributed by atoms with Crippen molar-refractivity contribution in [3.05, 3.63) is 99.3 Å². The molecule has 5 rings (SSSR count). The number of hydrogen-bond donors (Lipinski definition) is 3. The van der Waals surface area contributed by atoms with E-state index in [0.717, 1.165) is 33.8 Å². The molecule has 4 aromatic rings. The molecule has 45 heavy (non-hydrogen) atoms. The fraction of sp³-hybridized carbons (Fsp3) is 0.265. The number of carbonyl (C=O) groups is 1. The topological polar surface area (TPSA) is 143 Å². The third kappa shape index (κ3) is 7.37. The Balaban J connectivity index is 1.39. The van der Waals surface area contributed by atoms with Crippen LogP contribution in [0.5, 0.6) is 23.0 Å². The average molecular weight is 675 g/mol. The number of benzene rings is 3. The summed E-state index contributed by atoms with van der Waals surface area (Å²) in [6.07, 6.45) is 3.08. The number of aliphatic hydroxyl groups is 1. The van der Waals surface area contributed by atoms with Crippen LogP contribution < -0.4 is 24.3 Å². The minimum atomic E-state index is -1.55. The largest absolute Gasteiger partial charge is 0.488 e. The molecule has 0 saturated carbocycles. The Kier molecular flexibility index (Phi) is 9.88. The fourth-order valence-corrected chi connectivity index (χ4v) is 5.26. The summed E-state index contributed by atoms with van der Waals surface area (Å²) in [5.74, 6) is 1.24. The van der Waals surface area contributed by atoms with Crippen LogP contribution in [0.15, 0.2) is 71.5 Å². The maximum absolute atomic E-state index is 11.7. The molecule has 3 N–H and O–H groups in total. The van der Waals surface area contributed by atoms with Crippen molar-refractivity contribution < 1.29 is 34.0 Å². The van der Waals surface area contributed by atoms with E-state index in [1.807, 2.05) is 37.3 Å². The minimum absolute atomic E-state index is 0.0880. The van der Waals surface area contributed by atoms with Gasteiger partial charge in [0.05, 0.1) is 16.6 Å². The van der Waals surface area contributed by atoms with E-state index in [2.05, 4.69) is 38.4 Å². The highest BCUT2D eigenvalue weighted by Gasteiger charge is 2.32. The molecule has 1 aliphatic rings.